The lowest BCUT2D eigenvalue weighted by molar-refractivity contribution is -0.189. The molecule has 14 aromatic carbocycles. The highest BCUT2D eigenvalue weighted by Crippen LogP contribution is 2.98. The van der Waals surface area contributed by atoms with Crippen molar-refractivity contribution in [1.82, 2.24) is 19.1 Å². The molecule has 28 nitrogen and oxygen atoms in total. The van der Waals surface area contributed by atoms with Gasteiger partial charge < -0.3 is 55.7 Å². The van der Waals surface area contributed by atoms with Crippen LogP contribution in [0.5, 0.6) is 69.0 Å². The fraction of sp³-hybridized carbons (Fsp3) is 0.0435. The molecule has 13 aliphatic heterocycles. The van der Waals surface area contributed by atoms with Gasteiger partial charge in [-0.05, 0) is 201 Å². The zero-order valence-corrected chi connectivity index (χ0v) is 75.5. The molecule has 0 amide bonds. The average Bonchev–Trinajstić information content (AvgIpc) is 1.44. The molecule has 14 aromatic rings. The average molecular weight is 1850 g/mol. The van der Waals surface area contributed by atoms with Crippen molar-refractivity contribution in [1.29, 1.82) is 0 Å². The maximum Gasteiger partial charge on any atom is 0.456 e. The van der Waals surface area contributed by atoms with E-state index in [0.29, 0.717) is 78.9 Å². The molecule has 0 aromatic heterocycles. The number of para-hydroxylation sites is 8. The van der Waals surface area contributed by atoms with Crippen molar-refractivity contribution in [3.8, 4) is 114 Å². The maximum absolute atomic E-state index is 16.1. The van der Waals surface area contributed by atoms with Crippen LogP contribution < -0.4 is 74.7 Å². The van der Waals surface area contributed by atoms with E-state index in [4.69, 9.17) is 103 Å². The Morgan fingerprint density at radius 2 is 0.445 bits per heavy atom. The molecule has 0 fully saturated rings. The molecule has 0 atom stereocenters. The smallest absolute Gasteiger partial charge is 0.456 e. The molecule has 0 saturated carbocycles. The van der Waals surface area contributed by atoms with Crippen LogP contribution in [0.2, 0.25) is 0 Å². The summed E-state index contributed by atoms with van der Waals surface area (Å²) in [6.45, 7) is 0. The van der Waals surface area contributed by atoms with E-state index >= 15 is 9.79 Å². The SMILES string of the molecule is CN1N=Cc2ccc(cc2)O[P+]2([N-]P3(=N[P+]4([N-]2)Oc2ccccc2-c2ccccc2O4)Oc2ccccc2-c2ccccc2O3)Oc2ccc(cc2)C=NN(C)[P+]([O-])(c2ccccc2)N(C)N=Cc2ccc(cc2)O[P+]2([N-]P3(=N[P+]4([N-]2)Oc2ccccc2-c2ccccc2O4)Oc2ccccc2-c2ccccc2O3)Oc2ccc(cc2)C=NN(C)[P+]1([O-])c1ccccc1. The fourth-order valence-electron chi connectivity index (χ4n) is 14.9. The lowest BCUT2D eigenvalue weighted by Crippen LogP contribution is -2.41. The first-order chi connectivity index (χ1) is 62.4. The summed E-state index contributed by atoms with van der Waals surface area (Å²) in [5.74, 6) is 4.22. The summed E-state index contributed by atoms with van der Waals surface area (Å²) in [7, 11) is -27.1. The van der Waals surface area contributed by atoms with Crippen LogP contribution in [0.1, 0.15) is 22.3 Å². The summed E-state index contributed by atoms with van der Waals surface area (Å²) >= 11 is 0. The van der Waals surface area contributed by atoms with Gasteiger partial charge in [0.25, 0.3) is 16.0 Å². The van der Waals surface area contributed by atoms with Gasteiger partial charge in [-0.25, -0.2) is 0 Å². The topological polar surface area (TPSA) is 300 Å². The number of benzene rings is 14. The number of nitrogens with zero attached hydrogens (tertiary/aromatic N) is 14. The molecule has 8 bridgehead atoms. The second-order valence-electron chi connectivity index (χ2n) is 29.5. The van der Waals surface area contributed by atoms with Crippen LogP contribution >= 0.6 is 63.0 Å². The molecule has 6 spiro atoms. The Bertz CT molecular complexity index is 6110. The van der Waals surface area contributed by atoms with Gasteiger partial charge in [-0.3, -0.25) is 18.1 Å². The fourth-order valence-corrected chi connectivity index (χ4v) is 37.1. The summed E-state index contributed by atoms with van der Waals surface area (Å²) in [6.07, 6.45) is 6.33. The molecule has 0 radical (unpaired) electrons. The highest BCUT2D eigenvalue weighted by molar-refractivity contribution is 8.00. The quantitative estimate of drug-likeness (QED) is 0.145. The van der Waals surface area contributed by atoms with Gasteiger partial charge in [-0.1, -0.05) is 182 Å². The minimum atomic E-state index is -4.41. The molecule has 27 rings (SSSR count). The molecule has 0 unspecified atom stereocenters. The molecule has 0 aliphatic carbocycles. The lowest BCUT2D eigenvalue weighted by Gasteiger charge is -2.48. The van der Waals surface area contributed by atoms with E-state index in [9.17, 15) is 0 Å². The van der Waals surface area contributed by atoms with Crippen molar-refractivity contribution in [2.75, 3.05) is 28.2 Å². The van der Waals surface area contributed by atoms with E-state index in [1.54, 1.807) is 174 Å². The Morgan fingerprint density at radius 1 is 0.242 bits per heavy atom. The van der Waals surface area contributed by atoms with Crippen molar-refractivity contribution in [2.24, 2.45) is 29.4 Å². The molecular weight excluding hydrogens is 1770 g/mol. The molecule has 0 N–H and O–H groups in total. The van der Waals surface area contributed by atoms with Gasteiger partial charge in [-0.15, -0.1) is 39.5 Å². The number of fused-ring (bicyclic) bond motifs is 12. The predicted molar refractivity (Wildman–Crippen MR) is 508 cm³/mol. The minimum absolute atomic E-state index is 0.234. The van der Waals surface area contributed by atoms with Gasteiger partial charge in [0.15, 0.2) is 46.0 Å². The minimum Gasteiger partial charge on any atom is -0.636 e. The van der Waals surface area contributed by atoms with Gasteiger partial charge in [0, 0.05) is 44.5 Å². The Kier molecular flexibility index (Phi) is 21.6. The Morgan fingerprint density at radius 3 is 0.680 bits per heavy atom. The van der Waals surface area contributed by atoms with E-state index in [2.05, 4.69) is 0 Å². The Balaban J connectivity index is 0.677. The second kappa shape index (κ2) is 33.5. The largest absolute Gasteiger partial charge is 0.636 e. The zero-order chi connectivity index (χ0) is 86.7. The van der Waals surface area contributed by atoms with Crippen molar-refractivity contribution in [3.63, 3.8) is 0 Å². The summed E-state index contributed by atoms with van der Waals surface area (Å²) in [5.41, 5.74) is 8.06. The first-order valence-electron chi connectivity index (χ1n) is 40.2. The number of hydrogen-bond acceptors (Lipinski definition) is 24. The lowest BCUT2D eigenvalue weighted by atomic mass is 10.0. The van der Waals surface area contributed by atoms with E-state index in [-0.39, 0.29) is 23.0 Å². The highest BCUT2D eigenvalue weighted by Gasteiger charge is 2.61. The molecular formula is C92H74N14O14P8. The number of hydrogen-bond donors (Lipinski definition) is 0. The first-order valence-corrected chi connectivity index (χ1v) is 52.6. The third-order valence-electron chi connectivity index (χ3n) is 21.0. The normalized spacial score (nSPS) is 21.0. The van der Waals surface area contributed by atoms with Crippen molar-refractivity contribution >= 4 is 98.4 Å². The number of hydrazone groups is 4. The van der Waals surface area contributed by atoms with Crippen molar-refractivity contribution < 1.29 is 64.1 Å². The van der Waals surface area contributed by atoms with Crippen LogP contribution in [-0.4, -0.2) is 72.2 Å². The van der Waals surface area contributed by atoms with Crippen LogP contribution in [0.15, 0.2) is 381 Å². The van der Waals surface area contributed by atoms with E-state index < -0.39 is 63.0 Å². The third kappa shape index (κ3) is 16.0. The first kappa shape index (κ1) is 82.3. The van der Waals surface area contributed by atoms with Crippen LogP contribution in [0.4, 0.5) is 0 Å². The molecule has 128 heavy (non-hydrogen) atoms. The van der Waals surface area contributed by atoms with E-state index in [0.717, 1.165) is 44.5 Å². The Labute approximate surface area is 741 Å². The van der Waals surface area contributed by atoms with Gasteiger partial charge in [0.1, 0.15) is 33.6 Å². The molecule has 36 heteroatoms. The van der Waals surface area contributed by atoms with Crippen molar-refractivity contribution in [3.05, 3.63) is 394 Å². The third-order valence-corrected chi connectivity index (χ3v) is 42.6. The van der Waals surface area contributed by atoms with Crippen LogP contribution in [0, 0.1) is 0 Å². The zero-order valence-electron chi connectivity index (χ0n) is 68.3. The van der Waals surface area contributed by atoms with Crippen LogP contribution in [0.3, 0.4) is 0 Å². The van der Waals surface area contributed by atoms with E-state index in [1.807, 2.05) is 231 Å². The second-order valence-corrected chi connectivity index (χ2v) is 47.4. The van der Waals surface area contributed by atoms with Gasteiger partial charge in [0.2, 0.25) is 15.6 Å². The standard InChI is InChI=1S/C92H74N14O14P8/c1-103-93-63-67-47-55-71(56-48-67)109-123(97-125(113-85-39-19-11-31-77(85)78-32-12-20-40-86(78)114-125)101-126(98-123)115-87-41-21-13-33-79(87)80-34-14-22-42-88(80)116-126)111-73-59-51-69(52-60-73)65-95-105(3)122(108,76-29-9-6-10-30-76)106(4)96-66-70-53-61-74(62-54-70)112-124(110-72-57-49-68(50-58-72)64-94-104(2)121(103,107)75-27-7-5-8-28-75)99-127(117-89-43-23-15-35-81(89)82-36-16-24-44-90(82)118-127)102-128(100-124)119-91-45-25-17-37-83(91)84-38-18-26-46-92(84)120-128/h5-66H,1-4H3. The monoisotopic (exact) mass is 1850 g/mol. The molecule has 0 saturated heterocycles. The van der Waals surface area contributed by atoms with Crippen LogP contribution in [0.25, 0.3) is 63.9 Å². The summed E-state index contributed by atoms with van der Waals surface area (Å²) in [4.78, 5) is 54.2. The van der Waals surface area contributed by atoms with Crippen molar-refractivity contribution in [2.45, 2.75) is 0 Å². The van der Waals surface area contributed by atoms with Gasteiger partial charge >= 0.3 is 31.4 Å². The number of rotatable bonds is 2. The Hall–Kier alpha value is -12.6. The van der Waals surface area contributed by atoms with Gasteiger partial charge in [-0.2, -0.15) is 9.72 Å². The summed E-state index contributed by atoms with van der Waals surface area (Å²) in [6, 6.07) is 106. The predicted octanol–water partition coefficient (Wildman–Crippen LogP) is 25.0. The molecule has 13 heterocycles. The van der Waals surface area contributed by atoms with E-state index in [1.165, 1.54) is 19.1 Å². The van der Waals surface area contributed by atoms with Gasteiger partial charge in [0.05, 0.1) is 53.0 Å². The molecule has 636 valence electrons. The highest BCUT2D eigenvalue weighted by atomic mass is 31.3. The molecule has 13 aliphatic rings. The summed E-state index contributed by atoms with van der Waals surface area (Å²) < 4.78 is 103. The van der Waals surface area contributed by atoms with Crippen LogP contribution in [-0.2, 0) is 0 Å². The summed E-state index contributed by atoms with van der Waals surface area (Å²) in [5, 5.41) is 20.4. The maximum atomic E-state index is 16.1.